The zero-order valence-electron chi connectivity index (χ0n) is 10.1. The first-order chi connectivity index (χ1) is 8.08. The van der Waals surface area contributed by atoms with Gasteiger partial charge in [-0.3, -0.25) is 0 Å². The molecule has 6 heteroatoms. The number of nitrogen functional groups attached to an aromatic ring is 1. The molecule has 1 aromatic heterocycles. The van der Waals surface area contributed by atoms with Crippen LogP contribution in [0.4, 0.5) is 5.69 Å². The number of hydrogen-bond acceptors (Lipinski definition) is 6. The van der Waals surface area contributed by atoms with E-state index in [9.17, 15) is 4.79 Å². The number of carbonyl (C=O) groups is 1. The maximum atomic E-state index is 11.3. The smallest absolute Gasteiger partial charge is 0.356 e. The molecule has 0 aliphatic heterocycles. The molecule has 0 bridgehead atoms. The standard InChI is InChI=1S/C11H16N2O4/c1-7(6-15-2)17-10-8(12)4-5-9(13-10)11(14)16-3/h4-5,7H,6,12H2,1-3H3. The number of nitrogens with zero attached hydrogens (tertiary/aromatic N) is 1. The van der Waals surface area contributed by atoms with Crippen LogP contribution in [0.1, 0.15) is 17.4 Å². The van der Waals surface area contributed by atoms with Gasteiger partial charge in [-0.1, -0.05) is 0 Å². The summed E-state index contributed by atoms with van der Waals surface area (Å²) < 4.78 is 14.9. The van der Waals surface area contributed by atoms with Gasteiger partial charge in [0.25, 0.3) is 0 Å². The zero-order valence-corrected chi connectivity index (χ0v) is 10.1. The van der Waals surface area contributed by atoms with Crippen LogP contribution in [-0.4, -0.2) is 37.9 Å². The highest BCUT2D eigenvalue weighted by Crippen LogP contribution is 2.20. The van der Waals surface area contributed by atoms with Crippen molar-refractivity contribution in [2.24, 2.45) is 0 Å². The van der Waals surface area contributed by atoms with Gasteiger partial charge in [-0.05, 0) is 19.1 Å². The lowest BCUT2D eigenvalue weighted by molar-refractivity contribution is 0.0589. The summed E-state index contributed by atoms with van der Waals surface area (Å²) in [6, 6.07) is 3.03. The minimum Gasteiger partial charge on any atom is -0.471 e. The number of nitrogens with two attached hydrogens (primary N) is 1. The van der Waals surface area contributed by atoms with Crippen molar-refractivity contribution in [2.45, 2.75) is 13.0 Å². The van der Waals surface area contributed by atoms with E-state index in [-0.39, 0.29) is 17.7 Å². The van der Waals surface area contributed by atoms with E-state index in [4.69, 9.17) is 15.2 Å². The number of anilines is 1. The Labute approximate surface area is 99.7 Å². The average Bonchev–Trinajstić information content (AvgIpc) is 2.31. The first-order valence-electron chi connectivity index (χ1n) is 5.09. The van der Waals surface area contributed by atoms with E-state index in [0.29, 0.717) is 12.3 Å². The number of methoxy groups -OCH3 is 2. The van der Waals surface area contributed by atoms with Crippen LogP contribution in [0.2, 0.25) is 0 Å². The minimum atomic E-state index is -0.533. The van der Waals surface area contributed by atoms with E-state index >= 15 is 0 Å². The van der Waals surface area contributed by atoms with Gasteiger partial charge in [-0.25, -0.2) is 9.78 Å². The third kappa shape index (κ3) is 3.60. The molecular weight excluding hydrogens is 224 g/mol. The summed E-state index contributed by atoms with van der Waals surface area (Å²) in [5.41, 5.74) is 6.21. The van der Waals surface area contributed by atoms with Crippen LogP contribution in [-0.2, 0) is 9.47 Å². The van der Waals surface area contributed by atoms with Gasteiger partial charge in [0, 0.05) is 7.11 Å². The van der Waals surface area contributed by atoms with Crippen LogP contribution in [0.15, 0.2) is 12.1 Å². The maximum Gasteiger partial charge on any atom is 0.356 e. The number of pyridine rings is 1. The summed E-state index contributed by atoms with van der Waals surface area (Å²) in [7, 11) is 2.86. The van der Waals surface area contributed by atoms with Gasteiger partial charge in [0.15, 0.2) is 5.69 Å². The maximum absolute atomic E-state index is 11.3. The fraction of sp³-hybridized carbons (Fsp3) is 0.455. The molecule has 6 nitrogen and oxygen atoms in total. The molecule has 0 aliphatic carbocycles. The molecule has 94 valence electrons. The normalized spacial score (nSPS) is 11.9. The van der Waals surface area contributed by atoms with Gasteiger partial charge >= 0.3 is 5.97 Å². The second-order valence-electron chi connectivity index (χ2n) is 3.47. The topological polar surface area (TPSA) is 83.7 Å². The third-order valence-corrected chi connectivity index (χ3v) is 2.00. The summed E-state index contributed by atoms with van der Waals surface area (Å²) in [4.78, 5) is 15.3. The van der Waals surface area contributed by atoms with Gasteiger partial charge in [0.2, 0.25) is 5.88 Å². The van der Waals surface area contributed by atoms with Gasteiger partial charge in [0.1, 0.15) is 6.10 Å². The lowest BCUT2D eigenvalue weighted by Crippen LogP contribution is -2.20. The molecule has 1 unspecified atom stereocenters. The lowest BCUT2D eigenvalue weighted by atomic mass is 10.3. The summed E-state index contributed by atoms with van der Waals surface area (Å²) >= 11 is 0. The Morgan fingerprint density at radius 2 is 2.18 bits per heavy atom. The predicted octanol–water partition coefficient (Wildman–Crippen LogP) is 0.864. The van der Waals surface area contributed by atoms with E-state index in [1.54, 1.807) is 13.2 Å². The van der Waals surface area contributed by atoms with Crippen molar-refractivity contribution < 1.29 is 19.0 Å². The van der Waals surface area contributed by atoms with Crippen LogP contribution in [0.5, 0.6) is 5.88 Å². The number of carbonyl (C=O) groups excluding carboxylic acids is 1. The summed E-state index contributed by atoms with van der Waals surface area (Å²) in [5, 5.41) is 0. The number of rotatable bonds is 5. The molecule has 0 amide bonds. The molecule has 0 saturated carbocycles. The summed E-state index contributed by atoms with van der Waals surface area (Å²) in [6.45, 7) is 2.22. The van der Waals surface area contributed by atoms with Crippen molar-refractivity contribution in [3.8, 4) is 5.88 Å². The molecule has 1 heterocycles. The zero-order chi connectivity index (χ0) is 12.8. The highest BCUT2D eigenvalue weighted by atomic mass is 16.5. The average molecular weight is 240 g/mol. The highest BCUT2D eigenvalue weighted by molar-refractivity contribution is 5.87. The molecule has 0 aromatic carbocycles. The van der Waals surface area contributed by atoms with Crippen LogP contribution in [0.25, 0.3) is 0 Å². The SMILES string of the molecule is COCC(C)Oc1nc(C(=O)OC)ccc1N. The number of hydrogen-bond donors (Lipinski definition) is 1. The molecule has 17 heavy (non-hydrogen) atoms. The van der Waals surface area contributed by atoms with Crippen LogP contribution >= 0.6 is 0 Å². The largest absolute Gasteiger partial charge is 0.471 e. The van der Waals surface area contributed by atoms with Crippen molar-refractivity contribution >= 4 is 11.7 Å². The van der Waals surface area contributed by atoms with Crippen LogP contribution < -0.4 is 10.5 Å². The molecule has 2 N–H and O–H groups in total. The molecule has 0 fully saturated rings. The van der Waals surface area contributed by atoms with Gasteiger partial charge in [0.05, 0.1) is 19.4 Å². The predicted molar refractivity (Wildman–Crippen MR) is 62.0 cm³/mol. The Balaban J connectivity index is 2.86. The molecule has 1 aromatic rings. The number of aromatic nitrogens is 1. The van der Waals surface area contributed by atoms with Crippen molar-refractivity contribution in [1.29, 1.82) is 0 Å². The van der Waals surface area contributed by atoms with E-state index in [2.05, 4.69) is 9.72 Å². The minimum absolute atomic E-state index is 0.154. The molecule has 1 rings (SSSR count). The third-order valence-electron chi connectivity index (χ3n) is 2.00. The van der Waals surface area contributed by atoms with E-state index in [1.165, 1.54) is 13.2 Å². The van der Waals surface area contributed by atoms with Crippen LogP contribution in [0, 0.1) is 0 Å². The van der Waals surface area contributed by atoms with Gasteiger partial charge in [-0.15, -0.1) is 0 Å². The molecule has 0 saturated heterocycles. The molecular formula is C11H16N2O4. The Kier molecular flexibility index (Phi) is 4.71. The Morgan fingerprint density at radius 3 is 2.76 bits per heavy atom. The first-order valence-corrected chi connectivity index (χ1v) is 5.09. The monoisotopic (exact) mass is 240 g/mol. The van der Waals surface area contributed by atoms with E-state index in [1.807, 2.05) is 6.92 Å². The van der Waals surface area contributed by atoms with E-state index in [0.717, 1.165) is 0 Å². The second kappa shape index (κ2) is 6.05. The molecule has 1 atom stereocenters. The lowest BCUT2D eigenvalue weighted by Gasteiger charge is -2.14. The van der Waals surface area contributed by atoms with Gasteiger partial charge in [-0.2, -0.15) is 0 Å². The molecule has 0 aliphatic rings. The molecule has 0 spiro atoms. The van der Waals surface area contributed by atoms with Crippen molar-refractivity contribution in [2.75, 3.05) is 26.6 Å². The van der Waals surface area contributed by atoms with E-state index < -0.39 is 5.97 Å². The van der Waals surface area contributed by atoms with Crippen molar-refractivity contribution in [3.05, 3.63) is 17.8 Å². The van der Waals surface area contributed by atoms with Crippen molar-refractivity contribution in [3.63, 3.8) is 0 Å². The molecule has 0 radical (unpaired) electrons. The first kappa shape index (κ1) is 13.2. The quantitative estimate of drug-likeness (QED) is 0.768. The number of esters is 1. The Morgan fingerprint density at radius 1 is 1.47 bits per heavy atom. The Bertz CT molecular complexity index is 395. The fourth-order valence-electron chi connectivity index (χ4n) is 1.22. The fourth-order valence-corrected chi connectivity index (χ4v) is 1.22. The Hall–Kier alpha value is -1.82. The second-order valence-corrected chi connectivity index (χ2v) is 3.47. The highest BCUT2D eigenvalue weighted by Gasteiger charge is 2.13. The number of ether oxygens (including phenoxy) is 3. The van der Waals surface area contributed by atoms with Gasteiger partial charge < -0.3 is 19.9 Å². The van der Waals surface area contributed by atoms with Crippen LogP contribution in [0.3, 0.4) is 0 Å². The van der Waals surface area contributed by atoms with Crippen molar-refractivity contribution in [1.82, 2.24) is 4.98 Å². The summed E-state index contributed by atoms with van der Waals surface area (Å²) in [6.07, 6.45) is -0.206. The summed E-state index contributed by atoms with van der Waals surface area (Å²) in [5.74, 6) is -0.327.